The second-order valence-corrected chi connectivity index (χ2v) is 11.2. The highest BCUT2D eigenvalue weighted by molar-refractivity contribution is 6.36. The van der Waals surface area contributed by atoms with Gasteiger partial charge < -0.3 is 5.32 Å². The first kappa shape index (κ1) is 23.5. The third-order valence-corrected chi connectivity index (χ3v) is 9.52. The van der Waals surface area contributed by atoms with Crippen LogP contribution in [0.4, 0.5) is 5.69 Å². The van der Waals surface area contributed by atoms with Gasteiger partial charge in [-0.15, -0.1) is 23.2 Å². The number of halogens is 3. The van der Waals surface area contributed by atoms with Gasteiger partial charge in [-0.25, -0.2) is 0 Å². The minimum absolute atomic E-state index is 0.474. The van der Waals surface area contributed by atoms with Crippen molar-refractivity contribution in [2.75, 3.05) is 5.32 Å². The summed E-state index contributed by atoms with van der Waals surface area (Å²) in [5, 5.41) is 3.27. The van der Waals surface area contributed by atoms with Gasteiger partial charge >= 0.3 is 0 Å². The van der Waals surface area contributed by atoms with E-state index in [2.05, 4.69) is 5.32 Å². The minimum Gasteiger partial charge on any atom is -0.324 e. The Kier molecular flexibility index (Phi) is 5.11. The largest absolute Gasteiger partial charge is 0.324 e. The third-order valence-electron chi connectivity index (χ3n) is 7.83. The summed E-state index contributed by atoms with van der Waals surface area (Å²) in [5.74, 6) is -3.40. The molecule has 182 valence electrons. The minimum atomic E-state index is -1.28. The maximum Gasteiger partial charge on any atom is 0.247 e. The summed E-state index contributed by atoms with van der Waals surface area (Å²) in [7, 11) is 0. The molecule has 36 heavy (non-hydrogen) atoms. The summed E-state index contributed by atoms with van der Waals surface area (Å²) in [4.78, 5) is 39.6. The number of imide groups is 1. The van der Waals surface area contributed by atoms with Crippen LogP contribution in [0.3, 0.4) is 0 Å². The molecule has 1 aliphatic heterocycles. The van der Waals surface area contributed by atoms with Gasteiger partial charge in [-0.1, -0.05) is 66.2 Å². The van der Waals surface area contributed by atoms with E-state index in [1.807, 2.05) is 55.5 Å². The van der Waals surface area contributed by atoms with Gasteiger partial charge in [-0.05, 0) is 53.8 Å². The second kappa shape index (κ2) is 7.82. The number of nitrogens with zero attached hydrogens (tertiary/aromatic N) is 1. The number of carbonyl (C=O) groups is 3. The molecular formula is C28H21Cl3N2O3. The fourth-order valence-corrected chi connectivity index (χ4v) is 7.38. The van der Waals surface area contributed by atoms with E-state index in [0.717, 1.165) is 32.7 Å². The number of hydrogen-bond donors (Lipinski definition) is 1. The van der Waals surface area contributed by atoms with Crippen LogP contribution in [-0.2, 0) is 24.1 Å². The van der Waals surface area contributed by atoms with Crippen molar-refractivity contribution >= 4 is 58.2 Å². The van der Waals surface area contributed by atoms with E-state index in [-0.39, 0.29) is 0 Å². The fraction of sp³-hybridized carbons (Fsp3) is 0.250. The molecule has 1 heterocycles. The Morgan fingerprint density at radius 2 is 1.31 bits per heavy atom. The number of likely N-dealkylation sites (tertiary alicyclic amines) is 1. The maximum atomic E-state index is 14.0. The zero-order valence-electron chi connectivity index (χ0n) is 19.4. The smallest absolute Gasteiger partial charge is 0.247 e. The number of benzene rings is 3. The zero-order chi connectivity index (χ0) is 25.6. The Hall–Kier alpha value is -2.86. The van der Waals surface area contributed by atoms with Crippen LogP contribution in [0.1, 0.15) is 34.7 Å². The Morgan fingerprint density at radius 3 is 1.72 bits per heavy atom. The predicted molar refractivity (Wildman–Crippen MR) is 139 cm³/mol. The lowest BCUT2D eigenvalue weighted by atomic mass is 9.54. The van der Waals surface area contributed by atoms with Crippen molar-refractivity contribution in [2.24, 2.45) is 11.8 Å². The maximum absolute atomic E-state index is 14.0. The van der Waals surface area contributed by atoms with E-state index in [1.165, 1.54) is 6.92 Å². The standard InChI is InChI=1S/C28H21Cl3N2O3/c1-14-11-12-16(13-21(14)29)32-24(34)15(2)33-25(35)22-23(26(33)36)28(31)18-8-4-3-7-17(18)27(22,30)19-9-5-6-10-20(19)28/h3-13,15,22-23H,1-2H3,(H,32,34)/t15-,22-,23+,27?,28?/m1/s1. The molecule has 0 aromatic heterocycles. The first-order chi connectivity index (χ1) is 17.1. The summed E-state index contributed by atoms with van der Waals surface area (Å²) >= 11 is 21.0. The van der Waals surface area contributed by atoms with E-state index in [9.17, 15) is 14.4 Å². The summed E-state index contributed by atoms with van der Waals surface area (Å²) in [6.07, 6.45) is 0. The van der Waals surface area contributed by atoms with E-state index < -0.39 is 45.3 Å². The van der Waals surface area contributed by atoms with E-state index >= 15 is 0 Å². The summed E-state index contributed by atoms with van der Waals surface area (Å²) in [5.41, 5.74) is 4.21. The molecule has 0 radical (unpaired) electrons. The van der Waals surface area contributed by atoms with Gasteiger partial charge in [0.1, 0.15) is 15.8 Å². The molecule has 2 bridgehead atoms. The molecular weight excluding hydrogens is 519 g/mol. The summed E-state index contributed by atoms with van der Waals surface area (Å²) in [6, 6.07) is 18.9. The molecule has 1 N–H and O–H groups in total. The quantitative estimate of drug-likeness (QED) is 0.350. The van der Waals surface area contributed by atoms with Gasteiger partial charge in [0, 0.05) is 10.7 Å². The molecule has 1 fully saturated rings. The molecule has 0 spiro atoms. The van der Waals surface area contributed by atoms with Crippen LogP contribution in [0.25, 0.3) is 0 Å². The molecule has 8 heteroatoms. The predicted octanol–water partition coefficient (Wildman–Crippen LogP) is 5.57. The normalized spacial score (nSPS) is 28.4. The topological polar surface area (TPSA) is 66.5 Å². The van der Waals surface area contributed by atoms with Crippen molar-refractivity contribution in [1.29, 1.82) is 0 Å². The van der Waals surface area contributed by atoms with Crippen LogP contribution >= 0.6 is 34.8 Å². The Bertz CT molecular complexity index is 1360. The summed E-state index contributed by atoms with van der Waals surface area (Å²) < 4.78 is 0. The van der Waals surface area contributed by atoms with Gasteiger partial charge in [-0.2, -0.15) is 0 Å². The van der Waals surface area contributed by atoms with Gasteiger partial charge in [-0.3, -0.25) is 19.3 Å². The van der Waals surface area contributed by atoms with Crippen LogP contribution in [-0.4, -0.2) is 28.7 Å². The van der Waals surface area contributed by atoms with Crippen LogP contribution in [0.5, 0.6) is 0 Å². The highest BCUT2D eigenvalue weighted by atomic mass is 35.5. The Balaban J connectivity index is 1.43. The Labute approximate surface area is 223 Å². The molecule has 0 unspecified atom stereocenters. The highest BCUT2D eigenvalue weighted by Crippen LogP contribution is 2.69. The molecule has 7 rings (SSSR count). The molecule has 4 aliphatic rings. The van der Waals surface area contributed by atoms with E-state index in [0.29, 0.717) is 10.7 Å². The van der Waals surface area contributed by atoms with Crippen LogP contribution in [0, 0.1) is 18.8 Å². The molecule has 1 saturated heterocycles. The van der Waals surface area contributed by atoms with Crippen molar-refractivity contribution in [2.45, 2.75) is 29.6 Å². The monoisotopic (exact) mass is 538 g/mol. The first-order valence-corrected chi connectivity index (χ1v) is 12.8. The Morgan fingerprint density at radius 1 is 0.861 bits per heavy atom. The number of anilines is 1. The number of rotatable bonds is 3. The van der Waals surface area contributed by atoms with Crippen molar-refractivity contribution < 1.29 is 14.4 Å². The molecule has 3 aliphatic carbocycles. The fourth-order valence-electron chi connectivity index (χ4n) is 6.10. The highest BCUT2D eigenvalue weighted by Gasteiger charge is 2.73. The molecule has 3 aromatic carbocycles. The lowest BCUT2D eigenvalue weighted by molar-refractivity contribution is -0.146. The molecule has 3 aromatic rings. The number of nitrogens with one attached hydrogen (secondary N) is 1. The van der Waals surface area contributed by atoms with Crippen molar-refractivity contribution in [3.05, 3.63) is 99.6 Å². The van der Waals surface area contributed by atoms with E-state index in [4.69, 9.17) is 34.8 Å². The number of hydrogen-bond acceptors (Lipinski definition) is 3. The second-order valence-electron chi connectivity index (χ2n) is 9.65. The first-order valence-electron chi connectivity index (χ1n) is 11.6. The van der Waals surface area contributed by atoms with Gasteiger partial charge in [0.05, 0.1) is 11.8 Å². The lowest BCUT2D eigenvalue weighted by Gasteiger charge is -2.54. The number of alkyl halides is 2. The van der Waals surface area contributed by atoms with Crippen molar-refractivity contribution in [3.63, 3.8) is 0 Å². The summed E-state index contributed by atoms with van der Waals surface area (Å²) in [6.45, 7) is 3.39. The molecule has 5 nitrogen and oxygen atoms in total. The van der Waals surface area contributed by atoms with Gasteiger partial charge in [0.2, 0.25) is 17.7 Å². The molecule has 0 saturated carbocycles. The zero-order valence-corrected chi connectivity index (χ0v) is 21.7. The molecule has 3 atom stereocenters. The average Bonchev–Trinajstić information content (AvgIpc) is 3.15. The van der Waals surface area contributed by atoms with Crippen molar-refractivity contribution in [1.82, 2.24) is 4.90 Å². The van der Waals surface area contributed by atoms with Crippen LogP contribution in [0.2, 0.25) is 5.02 Å². The number of amides is 3. The van der Waals surface area contributed by atoms with Gasteiger partial charge in [0.15, 0.2) is 0 Å². The van der Waals surface area contributed by atoms with E-state index in [1.54, 1.807) is 18.2 Å². The average molecular weight is 540 g/mol. The SMILES string of the molecule is Cc1ccc(NC(=O)[C@@H](C)N2C(=O)[C@@H]3[C@H](C2=O)C2(Cl)c4ccccc4C3(Cl)c3ccccc32)cc1Cl. The van der Waals surface area contributed by atoms with Crippen LogP contribution in [0.15, 0.2) is 66.7 Å². The van der Waals surface area contributed by atoms with Crippen LogP contribution < -0.4 is 5.32 Å². The number of aryl methyl sites for hydroxylation is 1. The molecule has 3 amide bonds. The third kappa shape index (κ3) is 2.82. The number of carbonyl (C=O) groups excluding carboxylic acids is 3. The lowest BCUT2D eigenvalue weighted by Crippen LogP contribution is -2.57. The van der Waals surface area contributed by atoms with Crippen molar-refractivity contribution in [3.8, 4) is 0 Å². The van der Waals surface area contributed by atoms with Gasteiger partial charge in [0.25, 0.3) is 0 Å².